The first kappa shape index (κ1) is 12.6. The van der Waals surface area contributed by atoms with E-state index in [0.29, 0.717) is 12.5 Å². The SMILES string of the molecule is CC(C)N1CCC2(CC1)CC(=O)NC(=O)C2C. The van der Waals surface area contributed by atoms with Gasteiger partial charge in [-0.25, -0.2) is 0 Å². The van der Waals surface area contributed by atoms with E-state index in [1.807, 2.05) is 6.92 Å². The Morgan fingerprint density at radius 2 is 1.88 bits per heavy atom. The molecule has 2 rings (SSSR count). The Kier molecular flexibility index (Phi) is 3.25. The van der Waals surface area contributed by atoms with Gasteiger partial charge in [0.1, 0.15) is 0 Å². The molecule has 0 aromatic rings. The van der Waals surface area contributed by atoms with Crippen LogP contribution in [0.25, 0.3) is 0 Å². The summed E-state index contributed by atoms with van der Waals surface area (Å²) < 4.78 is 0. The first-order valence-electron chi connectivity index (χ1n) is 6.52. The van der Waals surface area contributed by atoms with Crippen LogP contribution in [0, 0.1) is 11.3 Å². The molecule has 2 aliphatic rings. The Labute approximate surface area is 103 Å². The zero-order chi connectivity index (χ0) is 12.6. The topological polar surface area (TPSA) is 49.4 Å². The summed E-state index contributed by atoms with van der Waals surface area (Å²) >= 11 is 0. The van der Waals surface area contributed by atoms with Crippen LogP contribution in [0.15, 0.2) is 0 Å². The van der Waals surface area contributed by atoms with Gasteiger partial charge < -0.3 is 4.90 Å². The molecule has 2 heterocycles. The average Bonchev–Trinajstić information content (AvgIpc) is 2.26. The Morgan fingerprint density at radius 1 is 1.29 bits per heavy atom. The maximum absolute atomic E-state index is 11.7. The third-order valence-corrected chi connectivity index (χ3v) is 4.61. The zero-order valence-corrected chi connectivity index (χ0v) is 11.0. The first-order chi connectivity index (χ1) is 7.94. The van der Waals surface area contributed by atoms with Crippen LogP contribution in [0.4, 0.5) is 0 Å². The van der Waals surface area contributed by atoms with E-state index >= 15 is 0 Å². The summed E-state index contributed by atoms with van der Waals surface area (Å²) in [6.45, 7) is 8.36. The lowest BCUT2D eigenvalue weighted by molar-refractivity contribution is -0.145. The molecule has 96 valence electrons. The summed E-state index contributed by atoms with van der Waals surface area (Å²) in [5.74, 6) is -0.208. The number of hydrogen-bond acceptors (Lipinski definition) is 3. The molecule has 2 fully saturated rings. The highest BCUT2D eigenvalue weighted by atomic mass is 16.2. The molecule has 0 radical (unpaired) electrons. The predicted octanol–water partition coefficient (Wildman–Crippen LogP) is 1.16. The van der Waals surface area contributed by atoms with Gasteiger partial charge in [0.25, 0.3) is 0 Å². The van der Waals surface area contributed by atoms with E-state index in [1.165, 1.54) is 0 Å². The van der Waals surface area contributed by atoms with Crippen LogP contribution in [0.5, 0.6) is 0 Å². The lowest BCUT2D eigenvalue weighted by atomic mass is 9.65. The van der Waals surface area contributed by atoms with Gasteiger partial charge in [0.2, 0.25) is 11.8 Å². The average molecular weight is 238 g/mol. The number of imide groups is 1. The Morgan fingerprint density at radius 3 is 2.41 bits per heavy atom. The molecule has 1 N–H and O–H groups in total. The van der Waals surface area contributed by atoms with Gasteiger partial charge in [0, 0.05) is 18.4 Å². The fraction of sp³-hybridized carbons (Fsp3) is 0.846. The molecular weight excluding hydrogens is 216 g/mol. The van der Waals surface area contributed by atoms with Crippen LogP contribution in [0.2, 0.25) is 0 Å². The van der Waals surface area contributed by atoms with Gasteiger partial charge in [-0.3, -0.25) is 14.9 Å². The Bertz CT molecular complexity index is 330. The van der Waals surface area contributed by atoms with Crippen molar-refractivity contribution in [2.45, 2.75) is 46.1 Å². The van der Waals surface area contributed by atoms with Crippen molar-refractivity contribution in [3.05, 3.63) is 0 Å². The van der Waals surface area contributed by atoms with Gasteiger partial charge in [-0.05, 0) is 45.2 Å². The highest BCUT2D eigenvalue weighted by Crippen LogP contribution is 2.44. The number of nitrogens with one attached hydrogen (secondary N) is 1. The van der Waals surface area contributed by atoms with Crippen LogP contribution >= 0.6 is 0 Å². The molecule has 0 aromatic carbocycles. The summed E-state index contributed by atoms with van der Waals surface area (Å²) in [6.07, 6.45) is 2.45. The molecule has 4 heteroatoms. The van der Waals surface area contributed by atoms with E-state index in [4.69, 9.17) is 0 Å². The van der Waals surface area contributed by atoms with E-state index in [0.717, 1.165) is 25.9 Å². The van der Waals surface area contributed by atoms with E-state index in [2.05, 4.69) is 24.1 Å². The number of amides is 2. The Balaban J connectivity index is 2.10. The second-order valence-electron chi connectivity index (χ2n) is 5.80. The molecule has 0 bridgehead atoms. The number of rotatable bonds is 1. The van der Waals surface area contributed by atoms with Crippen LogP contribution in [-0.2, 0) is 9.59 Å². The third kappa shape index (κ3) is 2.23. The van der Waals surface area contributed by atoms with Crippen LogP contribution < -0.4 is 5.32 Å². The maximum Gasteiger partial charge on any atom is 0.229 e. The van der Waals surface area contributed by atoms with Crippen molar-refractivity contribution < 1.29 is 9.59 Å². The summed E-state index contributed by atoms with van der Waals surface area (Å²) in [5, 5.41) is 2.44. The summed E-state index contributed by atoms with van der Waals surface area (Å²) in [4.78, 5) is 25.7. The van der Waals surface area contributed by atoms with E-state index in [9.17, 15) is 9.59 Å². The fourth-order valence-electron chi connectivity index (χ4n) is 3.14. The molecule has 2 saturated heterocycles. The summed E-state index contributed by atoms with van der Waals surface area (Å²) in [7, 11) is 0. The molecule has 17 heavy (non-hydrogen) atoms. The molecule has 4 nitrogen and oxygen atoms in total. The van der Waals surface area contributed by atoms with E-state index in [-0.39, 0.29) is 23.1 Å². The minimum atomic E-state index is -0.0916. The summed E-state index contributed by atoms with van der Waals surface area (Å²) in [6, 6.07) is 0.552. The smallest absolute Gasteiger partial charge is 0.229 e. The largest absolute Gasteiger partial charge is 0.301 e. The van der Waals surface area contributed by atoms with Crippen molar-refractivity contribution in [1.29, 1.82) is 0 Å². The number of hydrogen-bond donors (Lipinski definition) is 1. The zero-order valence-electron chi connectivity index (χ0n) is 11.0. The highest BCUT2D eigenvalue weighted by Gasteiger charge is 2.47. The quantitative estimate of drug-likeness (QED) is 0.697. The van der Waals surface area contributed by atoms with E-state index in [1.54, 1.807) is 0 Å². The first-order valence-corrected chi connectivity index (χ1v) is 6.52. The standard InChI is InChI=1S/C13H22N2O2/c1-9(2)15-6-4-13(5-7-15)8-11(16)14-12(17)10(13)3/h9-10H,4-8H2,1-3H3,(H,14,16,17). The molecular formula is C13H22N2O2. The number of piperidine rings is 2. The van der Waals surface area contributed by atoms with Gasteiger partial charge in [-0.15, -0.1) is 0 Å². The number of likely N-dealkylation sites (tertiary alicyclic amines) is 1. The van der Waals surface area contributed by atoms with Crippen molar-refractivity contribution in [3.63, 3.8) is 0 Å². The molecule has 0 aliphatic carbocycles. The Hall–Kier alpha value is -0.900. The second kappa shape index (κ2) is 4.41. The molecule has 0 aromatic heterocycles. The van der Waals surface area contributed by atoms with Crippen molar-refractivity contribution >= 4 is 11.8 Å². The fourth-order valence-corrected chi connectivity index (χ4v) is 3.14. The number of carbonyl (C=O) groups is 2. The van der Waals surface area contributed by atoms with Crippen molar-refractivity contribution in [1.82, 2.24) is 10.2 Å². The number of carbonyl (C=O) groups excluding carboxylic acids is 2. The van der Waals surface area contributed by atoms with Crippen LogP contribution in [-0.4, -0.2) is 35.8 Å². The van der Waals surface area contributed by atoms with Gasteiger partial charge in [0.05, 0.1) is 0 Å². The second-order valence-corrected chi connectivity index (χ2v) is 5.80. The number of nitrogens with zero attached hydrogens (tertiary/aromatic N) is 1. The molecule has 1 unspecified atom stereocenters. The third-order valence-electron chi connectivity index (χ3n) is 4.61. The summed E-state index contributed by atoms with van der Waals surface area (Å²) in [5.41, 5.74) is -0.0786. The lowest BCUT2D eigenvalue weighted by Gasteiger charge is -2.47. The minimum absolute atomic E-state index is 0.0329. The van der Waals surface area contributed by atoms with Gasteiger partial charge >= 0.3 is 0 Å². The lowest BCUT2D eigenvalue weighted by Crippen LogP contribution is -2.55. The molecule has 2 aliphatic heterocycles. The van der Waals surface area contributed by atoms with Gasteiger partial charge in [-0.1, -0.05) is 6.92 Å². The van der Waals surface area contributed by atoms with Crippen molar-refractivity contribution in [2.24, 2.45) is 11.3 Å². The van der Waals surface area contributed by atoms with Crippen LogP contribution in [0.1, 0.15) is 40.0 Å². The van der Waals surface area contributed by atoms with Crippen LogP contribution in [0.3, 0.4) is 0 Å². The molecule has 1 spiro atoms. The molecule has 0 saturated carbocycles. The van der Waals surface area contributed by atoms with Gasteiger partial charge in [-0.2, -0.15) is 0 Å². The highest BCUT2D eigenvalue weighted by molar-refractivity contribution is 5.99. The van der Waals surface area contributed by atoms with E-state index < -0.39 is 0 Å². The van der Waals surface area contributed by atoms with Crippen molar-refractivity contribution in [3.8, 4) is 0 Å². The molecule has 2 amide bonds. The molecule has 1 atom stereocenters. The predicted molar refractivity (Wildman–Crippen MR) is 65.3 cm³/mol. The van der Waals surface area contributed by atoms with Gasteiger partial charge in [0.15, 0.2) is 0 Å². The van der Waals surface area contributed by atoms with Crippen molar-refractivity contribution in [2.75, 3.05) is 13.1 Å². The minimum Gasteiger partial charge on any atom is -0.301 e. The normalized spacial score (nSPS) is 29.8. The maximum atomic E-state index is 11.7. The monoisotopic (exact) mass is 238 g/mol.